The number of hydrogen-bond donors (Lipinski definition) is 0. The van der Waals surface area contributed by atoms with Crippen molar-refractivity contribution in [3.8, 4) is 0 Å². The number of fused-ring (bicyclic) bond motifs is 5. The molecule has 192 valence electrons. The van der Waals surface area contributed by atoms with E-state index in [4.69, 9.17) is 0 Å². The van der Waals surface area contributed by atoms with Gasteiger partial charge in [0.15, 0.2) is 0 Å². The minimum Gasteiger partial charge on any atom is -0.375 e. The average Bonchev–Trinajstić information content (AvgIpc) is 3.64. The monoisotopic (exact) mass is 468 g/mol. The van der Waals surface area contributed by atoms with E-state index in [1.165, 1.54) is 71.1 Å². The van der Waals surface area contributed by atoms with Crippen molar-refractivity contribution in [3.05, 3.63) is 23.4 Å². The molecule has 3 nitrogen and oxygen atoms in total. The van der Waals surface area contributed by atoms with Gasteiger partial charge >= 0.3 is 0 Å². The summed E-state index contributed by atoms with van der Waals surface area (Å²) in [4.78, 5) is 18.4. The van der Waals surface area contributed by atoms with E-state index in [1.807, 2.05) is 27.7 Å². The summed E-state index contributed by atoms with van der Waals surface area (Å²) < 4.78 is 0. The van der Waals surface area contributed by atoms with Crippen LogP contribution in [0.1, 0.15) is 106 Å². The molecule has 6 rings (SSSR count). The highest BCUT2D eigenvalue weighted by Gasteiger charge is 2.60. The van der Waals surface area contributed by atoms with Crippen LogP contribution in [0.3, 0.4) is 0 Å². The molecule has 2 saturated heterocycles. The number of ketones is 1. The van der Waals surface area contributed by atoms with Gasteiger partial charge in [-0.25, -0.2) is 0 Å². The first-order valence-corrected chi connectivity index (χ1v) is 15.0. The molecule has 6 aliphatic rings. The number of nitrogens with zero attached hydrogens (tertiary/aromatic N) is 2. The van der Waals surface area contributed by atoms with Crippen LogP contribution in [0.4, 0.5) is 0 Å². The number of hydrogen-bond acceptors (Lipinski definition) is 3. The Balaban J connectivity index is 0.000000652. The molecule has 0 aromatic carbocycles. The summed E-state index contributed by atoms with van der Waals surface area (Å²) >= 11 is 0. The van der Waals surface area contributed by atoms with E-state index in [9.17, 15) is 4.79 Å². The average molecular weight is 469 g/mol. The van der Waals surface area contributed by atoms with Crippen molar-refractivity contribution >= 4 is 5.78 Å². The number of carbonyl (C=O) groups is 1. The quantitative estimate of drug-likeness (QED) is 0.427. The van der Waals surface area contributed by atoms with Crippen LogP contribution in [0.2, 0.25) is 0 Å². The van der Waals surface area contributed by atoms with E-state index in [0.717, 1.165) is 31.1 Å². The summed E-state index contributed by atoms with van der Waals surface area (Å²) in [6.45, 7) is 18.0. The summed E-state index contributed by atoms with van der Waals surface area (Å²) in [6.07, 6.45) is 17.6. The third kappa shape index (κ3) is 4.02. The molecule has 0 aromatic heterocycles. The van der Waals surface area contributed by atoms with Gasteiger partial charge in [-0.2, -0.15) is 0 Å². The Morgan fingerprint density at radius 2 is 1.53 bits per heavy atom. The highest BCUT2D eigenvalue weighted by molar-refractivity contribution is 5.87. The summed E-state index contributed by atoms with van der Waals surface area (Å²) in [5.74, 6) is 2.67. The molecule has 0 amide bonds. The Kier molecular flexibility index (Phi) is 8.02. The molecule has 4 fully saturated rings. The largest absolute Gasteiger partial charge is 0.375 e. The van der Waals surface area contributed by atoms with Crippen molar-refractivity contribution in [1.82, 2.24) is 9.80 Å². The predicted octanol–water partition coefficient (Wildman–Crippen LogP) is 7.23. The molecule has 34 heavy (non-hydrogen) atoms. The van der Waals surface area contributed by atoms with Gasteiger partial charge in [0.25, 0.3) is 0 Å². The van der Waals surface area contributed by atoms with E-state index in [2.05, 4.69) is 35.8 Å². The second kappa shape index (κ2) is 10.5. The highest BCUT2D eigenvalue weighted by atomic mass is 16.1. The van der Waals surface area contributed by atoms with Crippen molar-refractivity contribution in [1.29, 1.82) is 0 Å². The van der Waals surface area contributed by atoms with Crippen LogP contribution in [-0.4, -0.2) is 47.8 Å². The smallest absolute Gasteiger partial charge is 0.139 e. The lowest BCUT2D eigenvalue weighted by molar-refractivity contribution is -0.132. The lowest BCUT2D eigenvalue weighted by Gasteiger charge is -2.60. The maximum Gasteiger partial charge on any atom is 0.139 e. The Hall–Kier alpha value is -1.09. The van der Waals surface area contributed by atoms with Gasteiger partial charge in [0.2, 0.25) is 0 Å². The van der Waals surface area contributed by atoms with Crippen LogP contribution in [-0.2, 0) is 4.79 Å². The molecule has 0 N–H and O–H groups in total. The fraction of sp³-hybridized carbons (Fsp3) is 0.839. The first-order chi connectivity index (χ1) is 16.5. The van der Waals surface area contributed by atoms with Crippen LogP contribution in [0.25, 0.3) is 0 Å². The Morgan fingerprint density at radius 3 is 2.21 bits per heavy atom. The van der Waals surface area contributed by atoms with Crippen LogP contribution in [0, 0.1) is 28.6 Å². The molecule has 4 aliphatic carbocycles. The van der Waals surface area contributed by atoms with Crippen molar-refractivity contribution < 1.29 is 4.79 Å². The van der Waals surface area contributed by atoms with E-state index >= 15 is 0 Å². The molecule has 0 spiro atoms. The van der Waals surface area contributed by atoms with Crippen molar-refractivity contribution in [3.63, 3.8) is 0 Å². The minimum atomic E-state index is -0.0166. The highest BCUT2D eigenvalue weighted by Crippen LogP contribution is 2.64. The van der Waals surface area contributed by atoms with Gasteiger partial charge in [-0.15, -0.1) is 0 Å². The summed E-state index contributed by atoms with van der Waals surface area (Å²) in [7, 11) is 0. The SMILES string of the molecule is CC.CC.CC12CCC3C(CC=C4C=C(N5CCCC5)CC(N5CCCC5)[C@@]43C)C1CCC2=O. The normalized spacial score (nSPS) is 41.2. The minimum absolute atomic E-state index is 0.0166. The second-order valence-corrected chi connectivity index (χ2v) is 11.8. The lowest BCUT2D eigenvalue weighted by Crippen LogP contribution is -2.58. The van der Waals surface area contributed by atoms with Gasteiger partial charge in [0.1, 0.15) is 5.78 Å². The number of carbonyl (C=O) groups excluding carboxylic acids is 1. The zero-order chi connectivity index (χ0) is 24.5. The van der Waals surface area contributed by atoms with Crippen molar-refractivity contribution in [2.24, 2.45) is 28.6 Å². The first kappa shape index (κ1) is 26.0. The molecule has 3 heteroatoms. The number of likely N-dealkylation sites (tertiary alicyclic amines) is 2. The molecule has 0 bridgehead atoms. The van der Waals surface area contributed by atoms with E-state index in [0.29, 0.717) is 17.7 Å². The molecule has 2 aliphatic heterocycles. The van der Waals surface area contributed by atoms with Crippen LogP contribution in [0.15, 0.2) is 23.4 Å². The van der Waals surface area contributed by atoms with E-state index < -0.39 is 0 Å². The van der Waals surface area contributed by atoms with Gasteiger partial charge in [-0.1, -0.05) is 47.6 Å². The zero-order valence-electron chi connectivity index (χ0n) is 23.2. The molecule has 5 unspecified atom stereocenters. The second-order valence-electron chi connectivity index (χ2n) is 11.8. The number of rotatable bonds is 2. The fourth-order valence-electron chi connectivity index (χ4n) is 8.92. The molecule has 2 saturated carbocycles. The molecule has 2 heterocycles. The Morgan fingerprint density at radius 1 is 0.882 bits per heavy atom. The fourth-order valence-corrected chi connectivity index (χ4v) is 8.92. The Bertz CT molecular complexity index is 787. The van der Waals surface area contributed by atoms with E-state index in [1.54, 1.807) is 11.3 Å². The first-order valence-electron chi connectivity index (χ1n) is 15.0. The van der Waals surface area contributed by atoms with Crippen molar-refractivity contribution in [2.75, 3.05) is 26.2 Å². The number of allylic oxidation sites excluding steroid dienone is 2. The van der Waals surface area contributed by atoms with Gasteiger partial charge in [0.05, 0.1) is 0 Å². The zero-order valence-corrected chi connectivity index (χ0v) is 23.2. The number of Topliss-reactive ketones (excluding diaryl/α,β-unsaturated/α-hetero) is 1. The lowest BCUT2D eigenvalue weighted by atomic mass is 9.47. The Labute approximate surface area is 210 Å². The maximum atomic E-state index is 12.8. The van der Waals surface area contributed by atoms with Gasteiger partial charge < -0.3 is 4.90 Å². The summed E-state index contributed by atoms with van der Waals surface area (Å²) in [5, 5.41) is 0. The molecule has 0 aromatic rings. The van der Waals surface area contributed by atoms with Crippen LogP contribution < -0.4 is 0 Å². The maximum absolute atomic E-state index is 12.8. The van der Waals surface area contributed by atoms with Crippen LogP contribution in [0.5, 0.6) is 0 Å². The van der Waals surface area contributed by atoms with Gasteiger partial charge in [-0.05, 0) is 93.9 Å². The topological polar surface area (TPSA) is 23.6 Å². The third-order valence-electron chi connectivity index (χ3n) is 10.7. The van der Waals surface area contributed by atoms with Gasteiger partial charge in [0, 0.05) is 48.5 Å². The third-order valence-corrected chi connectivity index (χ3v) is 10.7. The molecule has 0 radical (unpaired) electrons. The van der Waals surface area contributed by atoms with E-state index in [-0.39, 0.29) is 10.8 Å². The van der Waals surface area contributed by atoms with Gasteiger partial charge in [-0.3, -0.25) is 9.69 Å². The summed E-state index contributed by atoms with van der Waals surface area (Å²) in [6, 6.07) is 0.654. The van der Waals surface area contributed by atoms with Crippen LogP contribution >= 0.6 is 0 Å². The standard InChI is InChI=1S/C27H40N2O.2C2H6/c1-26-12-11-23-21(22(26)9-10-25(26)30)8-7-19-17-20(28-13-3-4-14-28)18-24(27(19,23)2)29-15-5-6-16-29;2*1-2/h7,17,21-24H,3-6,8-16,18H2,1-2H3;2*1-2H3/t21?,22?,23?,24?,26?,27-;;/m0../s1. The van der Waals surface area contributed by atoms with Crippen molar-refractivity contribution in [2.45, 2.75) is 112 Å². The predicted molar refractivity (Wildman–Crippen MR) is 144 cm³/mol. The molecule has 6 atom stereocenters. The molecular weight excluding hydrogens is 416 g/mol. The molecular formula is C31H52N2O. The summed E-state index contributed by atoms with van der Waals surface area (Å²) in [5.41, 5.74) is 3.53.